The molecule has 0 bridgehead atoms. The van der Waals surface area contributed by atoms with E-state index in [1.54, 1.807) is 12.1 Å². The van der Waals surface area contributed by atoms with Crippen LogP contribution in [0.4, 0.5) is 0 Å². The zero-order valence-electron chi connectivity index (χ0n) is 23.2. The molecule has 1 aliphatic rings. The molecule has 4 N–H and O–H groups in total. The highest BCUT2D eigenvalue weighted by Gasteiger charge is 2.48. The summed E-state index contributed by atoms with van der Waals surface area (Å²) >= 11 is 12.1. The van der Waals surface area contributed by atoms with Crippen LogP contribution in [0.2, 0.25) is 15.4 Å². The molecule has 6 nitrogen and oxygen atoms in total. The summed E-state index contributed by atoms with van der Waals surface area (Å²) in [6.07, 6.45) is 15.7. The first-order valence-corrected chi connectivity index (χ1v) is 15.3. The first-order valence-electron chi connectivity index (χ1n) is 14.5. The first-order chi connectivity index (χ1) is 18.2. The lowest BCUT2D eigenvalue weighted by molar-refractivity contribution is -0.121. The van der Waals surface area contributed by atoms with Crippen molar-refractivity contribution in [2.45, 2.75) is 122 Å². The minimum atomic E-state index is -1.54. The topological polar surface area (TPSA) is 98.7 Å². The SMILES string of the molecule is CC(C)C[C@H](NC(=O)CNC(=O)c1cc(Cl)ccc1Cl)C1(B(O)O)CCCCCCCCCCCCCC1. The predicted molar refractivity (Wildman–Crippen MR) is 158 cm³/mol. The highest BCUT2D eigenvalue weighted by molar-refractivity contribution is 6.46. The van der Waals surface area contributed by atoms with Gasteiger partial charge in [0.1, 0.15) is 0 Å². The molecular weight excluding hydrogens is 522 g/mol. The Labute approximate surface area is 239 Å². The van der Waals surface area contributed by atoms with E-state index in [-0.39, 0.29) is 29.0 Å². The third-order valence-corrected chi connectivity index (χ3v) is 8.43. The van der Waals surface area contributed by atoms with Crippen molar-refractivity contribution in [1.29, 1.82) is 0 Å². The highest BCUT2D eigenvalue weighted by atomic mass is 35.5. The molecule has 2 amide bonds. The van der Waals surface area contributed by atoms with E-state index in [0.717, 1.165) is 38.5 Å². The molecule has 1 aromatic carbocycles. The van der Waals surface area contributed by atoms with Crippen molar-refractivity contribution < 1.29 is 19.6 Å². The minimum absolute atomic E-state index is 0.204. The molecule has 38 heavy (non-hydrogen) atoms. The summed E-state index contributed by atoms with van der Waals surface area (Å²) in [7, 11) is -1.54. The molecule has 2 rings (SSSR count). The highest BCUT2D eigenvalue weighted by Crippen LogP contribution is 2.46. The molecule has 0 saturated heterocycles. The molecule has 0 aromatic heterocycles. The Kier molecular flexibility index (Phi) is 15.1. The summed E-state index contributed by atoms with van der Waals surface area (Å²) in [5.41, 5.74) is 0.204. The van der Waals surface area contributed by atoms with E-state index in [1.807, 2.05) is 0 Å². The van der Waals surface area contributed by atoms with Crippen LogP contribution in [0.3, 0.4) is 0 Å². The fourth-order valence-corrected chi connectivity index (χ4v) is 6.04. The quantitative estimate of drug-likeness (QED) is 0.255. The fourth-order valence-electron chi connectivity index (χ4n) is 5.67. The molecule has 214 valence electrons. The molecule has 1 atom stereocenters. The number of halogens is 2. The fraction of sp³-hybridized carbons (Fsp3) is 0.724. The lowest BCUT2D eigenvalue weighted by Crippen LogP contribution is -2.53. The molecule has 0 aliphatic heterocycles. The maximum atomic E-state index is 13.1. The van der Waals surface area contributed by atoms with Gasteiger partial charge in [-0.1, -0.05) is 114 Å². The molecule has 1 aromatic rings. The van der Waals surface area contributed by atoms with Crippen LogP contribution in [-0.2, 0) is 4.79 Å². The smallest absolute Gasteiger partial charge is 0.427 e. The van der Waals surface area contributed by atoms with Gasteiger partial charge in [-0.15, -0.1) is 0 Å². The van der Waals surface area contributed by atoms with Gasteiger partial charge < -0.3 is 20.7 Å². The number of carbonyl (C=O) groups is 2. The van der Waals surface area contributed by atoms with Crippen molar-refractivity contribution in [2.24, 2.45) is 5.92 Å². The third-order valence-electron chi connectivity index (χ3n) is 7.87. The number of hydrogen-bond donors (Lipinski definition) is 4. The van der Waals surface area contributed by atoms with Gasteiger partial charge in [0.15, 0.2) is 0 Å². The Bertz CT molecular complexity index is 853. The standard InChI is InChI=1S/C29H47BCl2N2O4/c1-22(2)19-26(34-27(35)21-33-28(36)24-20-23(31)15-16-25(24)32)29(30(37)38)17-13-11-9-7-5-3-4-6-8-10-12-14-18-29/h15-16,20,22,26,37-38H,3-14,17-19,21H2,1-2H3,(H,33,36)(H,34,35)/t26-/m0/s1. The number of benzene rings is 1. The molecule has 1 saturated carbocycles. The van der Waals surface area contributed by atoms with E-state index < -0.39 is 24.4 Å². The van der Waals surface area contributed by atoms with Gasteiger partial charge in [-0.05, 0) is 43.4 Å². The monoisotopic (exact) mass is 568 g/mol. The first kappa shape index (κ1) is 32.9. The molecule has 0 heterocycles. The molecule has 9 heteroatoms. The van der Waals surface area contributed by atoms with Crippen LogP contribution >= 0.6 is 23.2 Å². The second-order valence-electron chi connectivity index (χ2n) is 11.4. The summed E-state index contributed by atoms with van der Waals surface area (Å²) in [5.74, 6) is -0.607. The lowest BCUT2D eigenvalue weighted by Gasteiger charge is -2.42. The largest absolute Gasteiger partial charge is 0.460 e. The van der Waals surface area contributed by atoms with E-state index in [4.69, 9.17) is 23.2 Å². The number of carbonyl (C=O) groups excluding carboxylic acids is 2. The van der Waals surface area contributed by atoms with Crippen molar-refractivity contribution in [3.05, 3.63) is 33.8 Å². The summed E-state index contributed by atoms with van der Waals surface area (Å²) < 4.78 is 0. The van der Waals surface area contributed by atoms with E-state index >= 15 is 0 Å². The Balaban J connectivity index is 2.15. The van der Waals surface area contributed by atoms with E-state index in [1.165, 1.54) is 44.6 Å². The molecular formula is C29H47BCl2N2O4. The zero-order chi connectivity index (χ0) is 28.0. The van der Waals surface area contributed by atoms with Crippen molar-refractivity contribution in [1.82, 2.24) is 10.6 Å². The van der Waals surface area contributed by atoms with Crippen LogP contribution in [0, 0.1) is 5.92 Å². The normalized spacial score (nSPS) is 18.6. The number of nitrogens with one attached hydrogen (secondary N) is 2. The van der Waals surface area contributed by atoms with Gasteiger partial charge >= 0.3 is 7.12 Å². The van der Waals surface area contributed by atoms with Gasteiger partial charge in [-0.2, -0.15) is 0 Å². The van der Waals surface area contributed by atoms with Crippen molar-refractivity contribution in [2.75, 3.05) is 6.54 Å². The van der Waals surface area contributed by atoms with Crippen LogP contribution in [0.1, 0.15) is 121 Å². The second kappa shape index (κ2) is 17.4. The summed E-state index contributed by atoms with van der Waals surface area (Å²) in [4.78, 5) is 25.7. The molecule has 0 spiro atoms. The van der Waals surface area contributed by atoms with Gasteiger partial charge in [-0.25, -0.2) is 0 Å². The average Bonchev–Trinajstić information content (AvgIpc) is 2.87. The van der Waals surface area contributed by atoms with Gasteiger partial charge in [0.05, 0.1) is 17.1 Å². The summed E-state index contributed by atoms with van der Waals surface area (Å²) in [6, 6.07) is 4.18. The Morgan fingerprint density at radius 2 is 1.39 bits per heavy atom. The number of rotatable bonds is 8. The molecule has 0 unspecified atom stereocenters. The van der Waals surface area contributed by atoms with E-state index in [9.17, 15) is 19.6 Å². The van der Waals surface area contributed by atoms with Crippen LogP contribution < -0.4 is 10.6 Å². The van der Waals surface area contributed by atoms with Crippen LogP contribution in [0.5, 0.6) is 0 Å². The lowest BCUT2D eigenvalue weighted by atomic mass is 9.48. The number of amides is 2. The van der Waals surface area contributed by atoms with E-state index in [0.29, 0.717) is 24.3 Å². The third kappa shape index (κ3) is 11.1. The minimum Gasteiger partial charge on any atom is -0.427 e. The van der Waals surface area contributed by atoms with Crippen LogP contribution in [0.15, 0.2) is 18.2 Å². The second-order valence-corrected chi connectivity index (χ2v) is 12.2. The number of hydrogen-bond acceptors (Lipinski definition) is 4. The predicted octanol–water partition coefficient (Wildman–Crippen LogP) is 6.94. The van der Waals surface area contributed by atoms with Gasteiger partial charge in [-0.3, -0.25) is 9.59 Å². The average molecular weight is 569 g/mol. The van der Waals surface area contributed by atoms with Crippen LogP contribution in [0.25, 0.3) is 0 Å². The van der Waals surface area contributed by atoms with Gasteiger partial charge in [0.25, 0.3) is 5.91 Å². The van der Waals surface area contributed by atoms with Crippen molar-refractivity contribution in [3.8, 4) is 0 Å². The molecule has 1 fully saturated rings. The summed E-state index contributed by atoms with van der Waals surface area (Å²) in [5, 5.41) is 27.1. The van der Waals surface area contributed by atoms with Gasteiger partial charge in [0.2, 0.25) is 5.91 Å². The molecule has 1 aliphatic carbocycles. The van der Waals surface area contributed by atoms with Crippen LogP contribution in [-0.4, -0.2) is 41.6 Å². The zero-order valence-corrected chi connectivity index (χ0v) is 24.8. The maximum Gasteiger partial charge on any atom is 0.460 e. The molecule has 0 radical (unpaired) electrons. The van der Waals surface area contributed by atoms with Crippen molar-refractivity contribution >= 4 is 42.1 Å². The van der Waals surface area contributed by atoms with E-state index in [2.05, 4.69) is 24.5 Å². The van der Waals surface area contributed by atoms with Gasteiger partial charge in [0, 0.05) is 16.4 Å². The Hall–Kier alpha value is -1.28. The maximum absolute atomic E-state index is 13.1. The Morgan fingerprint density at radius 1 is 0.895 bits per heavy atom. The van der Waals surface area contributed by atoms with Crippen molar-refractivity contribution in [3.63, 3.8) is 0 Å². The summed E-state index contributed by atoms with van der Waals surface area (Å²) in [6.45, 7) is 3.91. The Morgan fingerprint density at radius 3 is 1.87 bits per heavy atom.